The van der Waals surface area contributed by atoms with Gasteiger partial charge in [-0.2, -0.15) is 0 Å². The fraction of sp³-hybridized carbons (Fsp3) is 0.571. The number of hydrogen-bond acceptors (Lipinski definition) is 3. The predicted molar refractivity (Wildman–Crippen MR) is 74.3 cm³/mol. The highest BCUT2D eigenvalue weighted by molar-refractivity contribution is 7.12. The number of aryl methyl sites for hydroxylation is 1. The van der Waals surface area contributed by atoms with Gasteiger partial charge in [-0.25, -0.2) is 0 Å². The Kier molecular flexibility index (Phi) is 4.58. The van der Waals surface area contributed by atoms with Gasteiger partial charge in [0.25, 0.3) is 0 Å². The van der Waals surface area contributed by atoms with E-state index in [0.29, 0.717) is 19.3 Å². The Bertz CT molecular complexity index is 461. The maximum atomic E-state index is 11.9. The molecule has 4 nitrogen and oxygen atoms in total. The molecule has 1 fully saturated rings. The number of carboxylic acids is 1. The van der Waals surface area contributed by atoms with Crippen LogP contribution in [0.5, 0.6) is 0 Å². The number of thiophene rings is 1. The average molecular weight is 281 g/mol. The fourth-order valence-corrected chi connectivity index (χ4v) is 3.39. The number of nitrogens with one attached hydrogen (secondary N) is 1. The van der Waals surface area contributed by atoms with Crippen LogP contribution in [0.4, 0.5) is 0 Å². The molecule has 19 heavy (non-hydrogen) atoms. The normalized spacial score (nSPS) is 23.0. The lowest BCUT2D eigenvalue weighted by Gasteiger charge is -2.26. The molecule has 1 aromatic rings. The smallest absolute Gasteiger partial charge is 0.306 e. The average Bonchev–Trinajstić information content (AvgIpc) is 2.75. The summed E-state index contributed by atoms with van der Waals surface area (Å²) in [5.74, 6) is -0.896. The molecule has 2 N–H and O–H groups in total. The molecule has 0 aromatic carbocycles. The molecule has 0 saturated heterocycles. The first-order valence-corrected chi connectivity index (χ1v) is 7.43. The molecule has 2 rings (SSSR count). The van der Waals surface area contributed by atoms with E-state index in [1.807, 2.05) is 19.1 Å². The zero-order valence-corrected chi connectivity index (χ0v) is 11.8. The van der Waals surface area contributed by atoms with E-state index in [-0.39, 0.29) is 17.9 Å². The van der Waals surface area contributed by atoms with Crippen LogP contribution in [0.25, 0.3) is 0 Å². The van der Waals surface area contributed by atoms with Crippen molar-refractivity contribution in [2.45, 2.75) is 45.1 Å². The van der Waals surface area contributed by atoms with E-state index in [1.165, 1.54) is 4.88 Å². The molecular formula is C14H19NO3S. The van der Waals surface area contributed by atoms with E-state index in [2.05, 4.69) is 5.32 Å². The lowest BCUT2D eigenvalue weighted by atomic mass is 9.86. The van der Waals surface area contributed by atoms with Gasteiger partial charge in [0, 0.05) is 15.8 Å². The largest absolute Gasteiger partial charge is 0.481 e. The van der Waals surface area contributed by atoms with Crippen molar-refractivity contribution in [2.75, 3.05) is 0 Å². The van der Waals surface area contributed by atoms with Crippen LogP contribution in [-0.2, 0) is 16.0 Å². The first-order valence-electron chi connectivity index (χ1n) is 6.62. The van der Waals surface area contributed by atoms with Crippen LogP contribution < -0.4 is 5.32 Å². The number of amides is 1. The molecule has 0 unspecified atom stereocenters. The number of hydrogen-bond donors (Lipinski definition) is 2. The number of carbonyl (C=O) groups excluding carboxylic acids is 1. The molecule has 0 radical (unpaired) electrons. The first-order chi connectivity index (χ1) is 9.04. The van der Waals surface area contributed by atoms with Gasteiger partial charge in [0.2, 0.25) is 5.91 Å². The van der Waals surface area contributed by atoms with Gasteiger partial charge < -0.3 is 10.4 Å². The third kappa shape index (κ3) is 4.06. The monoisotopic (exact) mass is 281 g/mol. The topological polar surface area (TPSA) is 66.4 Å². The van der Waals surface area contributed by atoms with Crippen molar-refractivity contribution in [2.24, 2.45) is 5.92 Å². The van der Waals surface area contributed by atoms with Gasteiger partial charge >= 0.3 is 5.97 Å². The Morgan fingerprint density at radius 1 is 1.32 bits per heavy atom. The quantitative estimate of drug-likeness (QED) is 0.890. The lowest BCUT2D eigenvalue weighted by Crippen LogP contribution is -2.39. The summed E-state index contributed by atoms with van der Waals surface area (Å²) in [6.07, 6.45) is 3.30. The zero-order chi connectivity index (χ0) is 13.8. The van der Waals surface area contributed by atoms with Crippen molar-refractivity contribution in [3.05, 3.63) is 21.9 Å². The van der Waals surface area contributed by atoms with Crippen molar-refractivity contribution >= 4 is 23.2 Å². The second-order valence-corrected chi connectivity index (χ2v) is 6.52. The molecule has 0 atom stereocenters. The molecular weight excluding hydrogens is 262 g/mol. The second-order valence-electron chi connectivity index (χ2n) is 5.14. The molecule has 0 bridgehead atoms. The van der Waals surface area contributed by atoms with Crippen molar-refractivity contribution in [1.29, 1.82) is 0 Å². The number of aliphatic carboxylic acids is 1. The second kappa shape index (κ2) is 6.19. The third-order valence-corrected chi connectivity index (χ3v) is 4.57. The van der Waals surface area contributed by atoms with E-state index in [9.17, 15) is 9.59 Å². The van der Waals surface area contributed by atoms with Crippen molar-refractivity contribution in [1.82, 2.24) is 5.32 Å². The van der Waals surface area contributed by atoms with Gasteiger partial charge in [-0.15, -0.1) is 11.3 Å². The zero-order valence-electron chi connectivity index (χ0n) is 11.0. The maximum absolute atomic E-state index is 11.9. The van der Waals surface area contributed by atoms with Crippen LogP contribution in [0.3, 0.4) is 0 Å². The summed E-state index contributed by atoms with van der Waals surface area (Å²) >= 11 is 1.64. The van der Waals surface area contributed by atoms with E-state index >= 15 is 0 Å². The van der Waals surface area contributed by atoms with Crippen LogP contribution in [0.15, 0.2) is 12.1 Å². The molecule has 1 amide bonds. The van der Waals surface area contributed by atoms with Crippen LogP contribution >= 0.6 is 11.3 Å². The van der Waals surface area contributed by atoms with Gasteiger partial charge in [-0.1, -0.05) is 0 Å². The highest BCUT2D eigenvalue weighted by atomic mass is 32.1. The summed E-state index contributed by atoms with van der Waals surface area (Å²) in [6, 6.07) is 4.15. The highest BCUT2D eigenvalue weighted by Crippen LogP contribution is 2.24. The van der Waals surface area contributed by atoms with Gasteiger partial charge in [0.05, 0.1) is 12.3 Å². The molecule has 1 aromatic heterocycles. The SMILES string of the molecule is Cc1ccc(CC(=O)NC2CCC(C(=O)O)CC2)s1. The summed E-state index contributed by atoms with van der Waals surface area (Å²) in [6.45, 7) is 2.03. The van der Waals surface area contributed by atoms with E-state index in [4.69, 9.17) is 5.11 Å². The van der Waals surface area contributed by atoms with Gasteiger partial charge in [0.15, 0.2) is 0 Å². The Morgan fingerprint density at radius 3 is 2.53 bits per heavy atom. The number of carbonyl (C=O) groups is 2. The van der Waals surface area contributed by atoms with Crippen LogP contribution in [0.1, 0.15) is 35.4 Å². The van der Waals surface area contributed by atoms with E-state index in [1.54, 1.807) is 11.3 Å². The lowest BCUT2D eigenvalue weighted by molar-refractivity contribution is -0.142. The Hall–Kier alpha value is -1.36. The summed E-state index contributed by atoms with van der Waals surface area (Å²) in [5.41, 5.74) is 0. The standard InChI is InChI=1S/C14H19NO3S/c1-9-2-7-12(19-9)8-13(16)15-11-5-3-10(4-6-11)14(17)18/h2,7,10-11H,3-6,8H2,1H3,(H,15,16)(H,17,18). The molecule has 1 aliphatic rings. The van der Waals surface area contributed by atoms with Crippen molar-refractivity contribution < 1.29 is 14.7 Å². The number of carboxylic acid groups (broad SMARTS) is 1. The minimum absolute atomic E-state index is 0.0422. The fourth-order valence-electron chi connectivity index (χ4n) is 2.50. The van der Waals surface area contributed by atoms with E-state index < -0.39 is 5.97 Å². The molecule has 1 heterocycles. The summed E-state index contributed by atoms with van der Waals surface area (Å²) in [7, 11) is 0. The first kappa shape index (κ1) is 14.1. The maximum Gasteiger partial charge on any atom is 0.306 e. The van der Waals surface area contributed by atoms with Crippen molar-refractivity contribution in [3.8, 4) is 0 Å². The minimum Gasteiger partial charge on any atom is -0.481 e. The third-order valence-electron chi connectivity index (χ3n) is 3.57. The van der Waals surface area contributed by atoms with Gasteiger partial charge in [0.1, 0.15) is 0 Å². The van der Waals surface area contributed by atoms with E-state index in [0.717, 1.165) is 17.7 Å². The Balaban J connectivity index is 1.76. The van der Waals surface area contributed by atoms with Crippen LogP contribution in [0.2, 0.25) is 0 Å². The Labute approximate surface area is 116 Å². The van der Waals surface area contributed by atoms with Crippen LogP contribution in [0, 0.1) is 12.8 Å². The van der Waals surface area contributed by atoms with Gasteiger partial charge in [-0.05, 0) is 44.7 Å². The highest BCUT2D eigenvalue weighted by Gasteiger charge is 2.26. The van der Waals surface area contributed by atoms with Gasteiger partial charge in [-0.3, -0.25) is 9.59 Å². The summed E-state index contributed by atoms with van der Waals surface area (Å²) < 4.78 is 0. The molecule has 0 aliphatic heterocycles. The molecule has 1 saturated carbocycles. The summed E-state index contributed by atoms with van der Waals surface area (Å²) in [5, 5.41) is 11.9. The molecule has 0 spiro atoms. The molecule has 5 heteroatoms. The van der Waals surface area contributed by atoms with Crippen molar-refractivity contribution in [3.63, 3.8) is 0 Å². The molecule has 1 aliphatic carbocycles. The minimum atomic E-state index is -0.709. The Morgan fingerprint density at radius 2 is 2.00 bits per heavy atom. The number of rotatable bonds is 4. The predicted octanol–water partition coefficient (Wildman–Crippen LogP) is 2.36. The van der Waals surface area contributed by atoms with Crippen LogP contribution in [-0.4, -0.2) is 23.0 Å². The molecule has 104 valence electrons. The summed E-state index contributed by atoms with van der Waals surface area (Å²) in [4.78, 5) is 25.0.